The lowest BCUT2D eigenvalue weighted by molar-refractivity contribution is -0.121. The number of hydrogen-bond donors (Lipinski definition) is 4. The minimum Gasteiger partial charge on any atom is -0.508 e. The van der Waals surface area contributed by atoms with Gasteiger partial charge in [0.05, 0.1) is 23.9 Å². The van der Waals surface area contributed by atoms with Crippen LogP contribution in [0.4, 0.5) is 0 Å². The molecule has 274 valence electrons. The molecule has 0 atom stereocenters. The van der Waals surface area contributed by atoms with E-state index in [0.29, 0.717) is 67.5 Å². The van der Waals surface area contributed by atoms with Crippen LogP contribution >= 0.6 is 23.2 Å². The molecular formula is C41H40Cl2N4O6. The van der Waals surface area contributed by atoms with Crippen LogP contribution in [0.15, 0.2) is 84.9 Å². The zero-order chi connectivity index (χ0) is 38.4. The van der Waals surface area contributed by atoms with Crippen molar-refractivity contribution in [2.24, 2.45) is 0 Å². The summed E-state index contributed by atoms with van der Waals surface area (Å²) < 4.78 is 3.16. The van der Waals surface area contributed by atoms with Gasteiger partial charge in [-0.15, -0.1) is 0 Å². The molecule has 2 heterocycles. The molecule has 0 aliphatic heterocycles. The number of aromatic hydroxyl groups is 2. The van der Waals surface area contributed by atoms with E-state index in [4.69, 9.17) is 23.2 Å². The average molecular weight is 756 g/mol. The van der Waals surface area contributed by atoms with Gasteiger partial charge in [0.25, 0.3) is 11.8 Å². The van der Waals surface area contributed by atoms with Crippen LogP contribution in [-0.4, -0.2) is 56.1 Å². The Kier molecular flexibility index (Phi) is 12.3. The molecule has 4 N–H and O–H groups in total. The summed E-state index contributed by atoms with van der Waals surface area (Å²) in [5.74, 6) is -0.477. The number of fused-ring (bicyclic) bond motifs is 2. The van der Waals surface area contributed by atoms with Crippen LogP contribution in [-0.2, 0) is 22.4 Å². The average Bonchev–Trinajstić information content (AvgIpc) is 3.55. The minimum absolute atomic E-state index is 0.0886. The van der Waals surface area contributed by atoms with Gasteiger partial charge in [0.1, 0.15) is 11.5 Å². The maximum absolute atomic E-state index is 13.1. The number of rotatable bonds is 9. The first kappa shape index (κ1) is 38.6. The van der Waals surface area contributed by atoms with E-state index in [1.54, 1.807) is 88.9 Å². The highest BCUT2D eigenvalue weighted by atomic mass is 35.5. The van der Waals surface area contributed by atoms with Gasteiger partial charge in [0, 0.05) is 56.4 Å². The van der Waals surface area contributed by atoms with E-state index in [9.17, 15) is 29.4 Å². The first-order valence-electron chi connectivity index (χ1n) is 17.1. The van der Waals surface area contributed by atoms with Crippen molar-refractivity contribution < 1.29 is 29.4 Å². The molecule has 0 spiro atoms. The number of hydrogen-bond acceptors (Lipinski definition) is 6. The van der Waals surface area contributed by atoms with Crippen LogP contribution in [0.25, 0.3) is 21.8 Å². The van der Waals surface area contributed by atoms with Crippen molar-refractivity contribution in [2.75, 3.05) is 13.1 Å². The van der Waals surface area contributed by atoms with Crippen LogP contribution in [0, 0.1) is 13.8 Å². The second kappa shape index (κ2) is 16.8. The molecule has 0 unspecified atom stereocenters. The van der Waals surface area contributed by atoms with Gasteiger partial charge in [0.15, 0.2) is 0 Å². The van der Waals surface area contributed by atoms with Crippen molar-refractivity contribution in [3.8, 4) is 11.5 Å². The van der Waals surface area contributed by atoms with Gasteiger partial charge >= 0.3 is 0 Å². The predicted octanol–water partition coefficient (Wildman–Crippen LogP) is 7.74. The van der Waals surface area contributed by atoms with Gasteiger partial charge in [-0.05, 0) is 123 Å². The number of phenols is 2. The molecule has 0 aliphatic rings. The Balaban J connectivity index is 0.000000204. The largest absolute Gasteiger partial charge is 0.508 e. The maximum Gasteiger partial charge on any atom is 0.262 e. The first-order chi connectivity index (χ1) is 25.3. The van der Waals surface area contributed by atoms with E-state index in [1.165, 1.54) is 12.1 Å². The van der Waals surface area contributed by atoms with Crippen LogP contribution in [0.1, 0.15) is 63.5 Å². The maximum atomic E-state index is 13.1. The number of likely N-dealkylation sites (N-methyl/N-ethyl adjacent to an activating group) is 1. The van der Waals surface area contributed by atoms with Crippen LogP contribution in [0.5, 0.6) is 11.5 Å². The second-order valence-electron chi connectivity index (χ2n) is 12.5. The number of nitrogens with zero attached hydrogens (tertiary/aromatic N) is 2. The number of carbonyl (C=O) groups is 4. The number of carbonyl (C=O) groups excluding carboxylic acids is 4. The molecule has 2 aromatic heterocycles. The number of benzene rings is 4. The number of phenolic OH excluding ortho intramolecular Hbond substituents is 2. The summed E-state index contributed by atoms with van der Waals surface area (Å²) in [6, 6.07) is 23.0. The summed E-state index contributed by atoms with van der Waals surface area (Å²) in [5.41, 5.74) is 5.12. The summed E-state index contributed by atoms with van der Waals surface area (Å²) in [6.07, 6.45) is 1.13. The zero-order valence-electron chi connectivity index (χ0n) is 29.8. The summed E-state index contributed by atoms with van der Waals surface area (Å²) in [5, 5.41) is 27.9. The lowest BCUT2D eigenvalue weighted by atomic mass is 10.1. The highest BCUT2D eigenvalue weighted by Crippen LogP contribution is 2.32. The molecule has 0 fully saturated rings. The number of halogens is 2. The smallest absolute Gasteiger partial charge is 0.262 e. The highest BCUT2D eigenvalue weighted by molar-refractivity contribution is 6.31. The van der Waals surface area contributed by atoms with Gasteiger partial charge in [-0.2, -0.15) is 0 Å². The molecule has 2 amide bonds. The fourth-order valence-electron chi connectivity index (χ4n) is 6.26. The lowest BCUT2D eigenvalue weighted by Gasteiger charge is -2.08. The molecule has 0 saturated heterocycles. The van der Waals surface area contributed by atoms with Crippen molar-refractivity contribution in [3.63, 3.8) is 0 Å². The molecule has 10 nitrogen and oxygen atoms in total. The Morgan fingerprint density at radius 3 is 1.38 bits per heavy atom. The van der Waals surface area contributed by atoms with E-state index in [2.05, 4.69) is 10.6 Å². The molecule has 53 heavy (non-hydrogen) atoms. The Hall–Kier alpha value is -5.58. The molecule has 12 heteroatoms. The van der Waals surface area contributed by atoms with Crippen molar-refractivity contribution in [3.05, 3.63) is 129 Å². The molecule has 0 bridgehead atoms. The van der Waals surface area contributed by atoms with Crippen LogP contribution in [0.2, 0.25) is 10.0 Å². The van der Waals surface area contributed by atoms with Gasteiger partial charge in [0.2, 0.25) is 11.8 Å². The fourth-order valence-corrected chi connectivity index (χ4v) is 6.52. The molecular weight excluding hydrogens is 715 g/mol. The third-order valence-electron chi connectivity index (χ3n) is 8.85. The highest BCUT2D eigenvalue weighted by Gasteiger charge is 2.23. The Morgan fingerprint density at radius 2 is 1.00 bits per heavy atom. The summed E-state index contributed by atoms with van der Waals surface area (Å²) >= 11 is 11.8. The van der Waals surface area contributed by atoms with Gasteiger partial charge < -0.3 is 20.8 Å². The molecule has 0 aliphatic carbocycles. The summed E-state index contributed by atoms with van der Waals surface area (Å²) in [7, 11) is 0. The van der Waals surface area contributed by atoms with E-state index in [1.807, 2.05) is 20.8 Å². The topological polar surface area (TPSA) is 143 Å². The first-order valence-corrected chi connectivity index (χ1v) is 17.9. The Bertz CT molecular complexity index is 2330. The van der Waals surface area contributed by atoms with Crippen molar-refractivity contribution in [2.45, 2.75) is 47.0 Å². The standard InChI is InChI=1S/C21H21ClN2O3.C20H19ClN2O3/c1-3-10-23-20(26)12-17-13(2)24(19-9-8-16(25)11-18(17)19)21(27)14-4-6-15(22)7-5-14;1-3-22-19(25)11-16-12(2)23(18-9-8-15(24)10-17(16)18)20(26)13-4-6-14(21)7-5-13/h4-9,11,25H,3,10,12H2,1-2H3,(H,23,26);4-10,24H,3,11H2,1-2H3,(H,22,25). The molecule has 0 radical (unpaired) electrons. The van der Waals surface area contributed by atoms with Crippen LogP contribution < -0.4 is 10.6 Å². The monoisotopic (exact) mass is 754 g/mol. The third kappa shape index (κ3) is 8.56. The Labute approximate surface area is 316 Å². The quantitative estimate of drug-likeness (QED) is 0.119. The molecule has 6 aromatic rings. The molecule has 6 rings (SSSR count). The Morgan fingerprint density at radius 1 is 0.604 bits per heavy atom. The number of aromatic nitrogens is 2. The molecule has 4 aromatic carbocycles. The SMILES string of the molecule is CCCNC(=O)Cc1c(C)n(C(=O)c2ccc(Cl)cc2)c2ccc(O)cc12.CCNC(=O)Cc1c(C)n(C(=O)c2ccc(Cl)cc2)c2ccc(O)cc12. The number of amides is 2. The normalized spacial score (nSPS) is 10.9. The molecule has 0 saturated carbocycles. The van der Waals surface area contributed by atoms with Crippen LogP contribution in [0.3, 0.4) is 0 Å². The fraction of sp³-hybridized carbons (Fsp3) is 0.220. The van der Waals surface area contributed by atoms with Crippen molar-refractivity contribution >= 4 is 68.6 Å². The van der Waals surface area contributed by atoms with E-state index >= 15 is 0 Å². The van der Waals surface area contributed by atoms with Gasteiger partial charge in [-0.25, -0.2) is 0 Å². The predicted molar refractivity (Wildman–Crippen MR) is 208 cm³/mol. The van der Waals surface area contributed by atoms with E-state index in [-0.39, 0.29) is 48.0 Å². The van der Waals surface area contributed by atoms with Crippen molar-refractivity contribution in [1.82, 2.24) is 19.8 Å². The van der Waals surface area contributed by atoms with Gasteiger partial charge in [-0.1, -0.05) is 30.1 Å². The summed E-state index contributed by atoms with van der Waals surface area (Å²) in [4.78, 5) is 50.5. The second-order valence-corrected chi connectivity index (χ2v) is 13.4. The zero-order valence-corrected chi connectivity index (χ0v) is 31.3. The summed E-state index contributed by atoms with van der Waals surface area (Å²) in [6.45, 7) is 8.59. The van der Waals surface area contributed by atoms with E-state index < -0.39 is 0 Å². The third-order valence-corrected chi connectivity index (χ3v) is 9.35. The van der Waals surface area contributed by atoms with Crippen molar-refractivity contribution in [1.29, 1.82) is 0 Å². The number of nitrogens with one attached hydrogen (secondary N) is 2. The van der Waals surface area contributed by atoms with E-state index in [0.717, 1.165) is 17.5 Å². The minimum atomic E-state index is -0.211. The van der Waals surface area contributed by atoms with Gasteiger partial charge in [-0.3, -0.25) is 28.3 Å². The lowest BCUT2D eigenvalue weighted by Crippen LogP contribution is -2.26.